The third-order valence-electron chi connectivity index (χ3n) is 1.83. The van der Waals surface area contributed by atoms with Gasteiger partial charge in [-0.2, -0.15) is 0 Å². The molecule has 0 aliphatic carbocycles. The van der Waals surface area contributed by atoms with Gasteiger partial charge in [0.1, 0.15) is 0 Å². The fourth-order valence-corrected chi connectivity index (χ4v) is 1.75. The maximum Gasteiger partial charge on any atom is 0.0607 e. The monoisotopic (exact) mass is 201 g/mol. The van der Waals surface area contributed by atoms with E-state index in [0.29, 0.717) is 0 Å². The van der Waals surface area contributed by atoms with Crippen LogP contribution >= 0.6 is 11.3 Å². The van der Waals surface area contributed by atoms with E-state index in [-0.39, 0.29) is 19.3 Å². The summed E-state index contributed by atoms with van der Waals surface area (Å²) < 4.78 is 0. The van der Waals surface area contributed by atoms with Crippen LogP contribution in [0.4, 0.5) is 0 Å². The van der Waals surface area contributed by atoms with Crippen LogP contribution in [0.5, 0.6) is 0 Å². The van der Waals surface area contributed by atoms with Gasteiger partial charge in [0.15, 0.2) is 0 Å². The van der Waals surface area contributed by atoms with Crippen molar-refractivity contribution in [2.75, 3.05) is 19.8 Å². The summed E-state index contributed by atoms with van der Waals surface area (Å²) in [5, 5.41) is 22.6. The second-order valence-corrected chi connectivity index (χ2v) is 3.88. The summed E-state index contributed by atoms with van der Waals surface area (Å²) in [4.78, 5) is 1.32. The summed E-state index contributed by atoms with van der Waals surface area (Å²) in [6.07, 6.45) is 0.953. The number of aliphatic hydroxyl groups is 2. The predicted octanol–water partition coefficient (Wildman–Crippen LogP) is 0.233. The van der Waals surface area contributed by atoms with Gasteiger partial charge in [-0.3, -0.25) is 0 Å². The van der Waals surface area contributed by atoms with Crippen molar-refractivity contribution in [1.82, 2.24) is 5.32 Å². The molecular formula is C9H15NO2S. The molecule has 0 radical (unpaired) electrons. The minimum atomic E-state index is -0.181. The molecular weight excluding hydrogens is 186 g/mol. The van der Waals surface area contributed by atoms with Crippen LogP contribution in [0.15, 0.2) is 17.5 Å². The molecule has 0 aliphatic heterocycles. The minimum absolute atomic E-state index is 0.0130. The summed E-state index contributed by atoms with van der Waals surface area (Å²) >= 11 is 1.72. The predicted molar refractivity (Wildman–Crippen MR) is 54.0 cm³/mol. The van der Waals surface area contributed by atoms with E-state index < -0.39 is 0 Å². The van der Waals surface area contributed by atoms with Crippen LogP contribution in [0.2, 0.25) is 0 Å². The Morgan fingerprint density at radius 1 is 1.38 bits per heavy atom. The quantitative estimate of drug-likeness (QED) is 0.617. The van der Waals surface area contributed by atoms with Crippen molar-refractivity contribution in [3.8, 4) is 0 Å². The Hall–Kier alpha value is -0.420. The normalized spacial score (nSPS) is 11.0. The lowest BCUT2D eigenvalue weighted by Crippen LogP contribution is -2.36. The van der Waals surface area contributed by atoms with Gasteiger partial charge < -0.3 is 15.5 Å². The second kappa shape index (κ2) is 6.10. The highest BCUT2D eigenvalue weighted by Gasteiger charge is 2.03. The molecule has 1 aromatic rings. The topological polar surface area (TPSA) is 52.5 Å². The molecule has 0 spiro atoms. The first kappa shape index (κ1) is 10.7. The van der Waals surface area contributed by atoms with Crippen molar-refractivity contribution in [2.24, 2.45) is 0 Å². The number of hydrogen-bond acceptors (Lipinski definition) is 4. The number of aliphatic hydroxyl groups excluding tert-OH is 2. The van der Waals surface area contributed by atoms with Gasteiger partial charge in [0.25, 0.3) is 0 Å². The van der Waals surface area contributed by atoms with E-state index in [1.807, 2.05) is 11.4 Å². The lowest BCUT2D eigenvalue weighted by Gasteiger charge is -2.12. The van der Waals surface area contributed by atoms with Crippen molar-refractivity contribution in [3.63, 3.8) is 0 Å². The summed E-state index contributed by atoms with van der Waals surface area (Å²) in [7, 11) is 0. The molecule has 0 bridgehead atoms. The van der Waals surface area contributed by atoms with E-state index in [9.17, 15) is 0 Å². The third-order valence-corrected chi connectivity index (χ3v) is 2.76. The Labute approximate surface area is 82.0 Å². The zero-order chi connectivity index (χ0) is 9.52. The van der Waals surface area contributed by atoms with Crippen molar-refractivity contribution in [3.05, 3.63) is 22.4 Å². The van der Waals surface area contributed by atoms with Gasteiger partial charge in [-0.1, -0.05) is 6.07 Å². The average Bonchev–Trinajstić information content (AvgIpc) is 2.65. The molecule has 1 heterocycles. The Bertz CT molecular complexity index is 209. The summed E-state index contributed by atoms with van der Waals surface area (Å²) in [5.41, 5.74) is 0. The van der Waals surface area contributed by atoms with E-state index in [4.69, 9.17) is 10.2 Å². The number of thiophene rings is 1. The van der Waals surface area contributed by atoms with Crippen molar-refractivity contribution in [1.29, 1.82) is 0 Å². The van der Waals surface area contributed by atoms with E-state index in [1.54, 1.807) is 11.3 Å². The van der Waals surface area contributed by atoms with Crippen LogP contribution in [0, 0.1) is 0 Å². The Balaban J connectivity index is 2.13. The van der Waals surface area contributed by atoms with E-state index in [1.165, 1.54) is 4.88 Å². The summed E-state index contributed by atoms with van der Waals surface area (Å²) in [6, 6.07) is 3.93. The molecule has 0 amide bonds. The van der Waals surface area contributed by atoms with Gasteiger partial charge in [0.2, 0.25) is 0 Å². The molecule has 0 aromatic carbocycles. The van der Waals surface area contributed by atoms with Crippen LogP contribution in [0.25, 0.3) is 0 Å². The molecule has 0 unspecified atom stereocenters. The number of hydrogen-bond donors (Lipinski definition) is 3. The molecule has 4 heteroatoms. The Morgan fingerprint density at radius 2 is 2.15 bits per heavy atom. The lowest BCUT2D eigenvalue weighted by atomic mass is 10.3. The highest BCUT2D eigenvalue weighted by atomic mass is 32.1. The largest absolute Gasteiger partial charge is 0.395 e. The SMILES string of the molecule is OCC(CO)NCCc1cccs1. The molecule has 0 saturated heterocycles. The molecule has 74 valence electrons. The maximum atomic E-state index is 8.76. The van der Waals surface area contributed by atoms with Crippen LogP contribution in [-0.4, -0.2) is 36.0 Å². The number of rotatable bonds is 6. The van der Waals surface area contributed by atoms with E-state index in [2.05, 4.69) is 11.4 Å². The highest BCUT2D eigenvalue weighted by molar-refractivity contribution is 7.09. The first-order valence-corrected chi connectivity index (χ1v) is 5.22. The van der Waals surface area contributed by atoms with Gasteiger partial charge in [-0.05, 0) is 17.9 Å². The highest BCUT2D eigenvalue weighted by Crippen LogP contribution is 2.08. The van der Waals surface area contributed by atoms with Crippen LogP contribution in [-0.2, 0) is 6.42 Å². The van der Waals surface area contributed by atoms with Gasteiger partial charge in [0.05, 0.1) is 19.3 Å². The zero-order valence-corrected chi connectivity index (χ0v) is 8.26. The first-order chi connectivity index (χ1) is 6.36. The Kier molecular flexibility index (Phi) is 5.00. The molecule has 3 nitrogen and oxygen atoms in total. The molecule has 0 aliphatic rings. The number of nitrogens with one attached hydrogen (secondary N) is 1. The second-order valence-electron chi connectivity index (χ2n) is 2.85. The fraction of sp³-hybridized carbons (Fsp3) is 0.556. The summed E-state index contributed by atoms with van der Waals surface area (Å²) in [5.74, 6) is 0. The maximum absolute atomic E-state index is 8.76. The molecule has 0 atom stereocenters. The van der Waals surface area contributed by atoms with Crippen LogP contribution in [0.1, 0.15) is 4.88 Å². The molecule has 1 aromatic heterocycles. The lowest BCUT2D eigenvalue weighted by molar-refractivity contribution is 0.172. The molecule has 0 fully saturated rings. The molecule has 0 saturated carbocycles. The van der Waals surface area contributed by atoms with Gasteiger partial charge in [-0.25, -0.2) is 0 Å². The van der Waals surface area contributed by atoms with Gasteiger partial charge >= 0.3 is 0 Å². The average molecular weight is 201 g/mol. The van der Waals surface area contributed by atoms with E-state index in [0.717, 1.165) is 13.0 Å². The fourth-order valence-electron chi connectivity index (χ4n) is 1.04. The minimum Gasteiger partial charge on any atom is -0.395 e. The molecule has 1 rings (SSSR count). The smallest absolute Gasteiger partial charge is 0.0607 e. The standard InChI is InChI=1S/C9H15NO2S/c11-6-8(7-12)10-4-3-9-2-1-5-13-9/h1-2,5,8,10-12H,3-4,6-7H2. The van der Waals surface area contributed by atoms with Crippen molar-refractivity contribution in [2.45, 2.75) is 12.5 Å². The van der Waals surface area contributed by atoms with Crippen LogP contribution < -0.4 is 5.32 Å². The molecule has 3 N–H and O–H groups in total. The van der Waals surface area contributed by atoms with E-state index >= 15 is 0 Å². The Morgan fingerprint density at radius 3 is 2.69 bits per heavy atom. The van der Waals surface area contributed by atoms with Crippen molar-refractivity contribution >= 4 is 11.3 Å². The zero-order valence-electron chi connectivity index (χ0n) is 7.44. The molecule has 13 heavy (non-hydrogen) atoms. The summed E-state index contributed by atoms with van der Waals surface area (Å²) in [6.45, 7) is 0.772. The van der Waals surface area contributed by atoms with Crippen molar-refractivity contribution < 1.29 is 10.2 Å². The third kappa shape index (κ3) is 3.87. The van der Waals surface area contributed by atoms with Gasteiger partial charge in [-0.15, -0.1) is 11.3 Å². The van der Waals surface area contributed by atoms with Gasteiger partial charge in [0, 0.05) is 11.4 Å². The van der Waals surface area contributed by atoms with Crippen LogP contribution in [0.3, 0.4) is 0 Å². The first-order valence-electron chi connectivity index (χ1n) is 4.34.